The molecule has 0 amide bonds. The maximum absolute atomic E-state index is 5.46. The van der Waals surface area contributed by atoms with Crippen LogP contribution in [0.15, 0.2) is 0 Å². The largest absolute Gasteiger partial charge is 0.382 e. The molecule has 0 saturated carbocycles. The zero-order valence-corrected chi connectivity index (χ0v) is 15.1. The van der Waals surface area contributed by atoms with Crippen LogP contribution in [-0.4, -0.2) is 38.5 Å². The first-order chi connectivity index (χ1) is 9.86. The van der Waals surface area contributed by atoms with Crippen molar-refractivity contribution in [1.29, 1.82) is 0 Å². The summed E-state index contributed by atoms with van der Waals surface area (Å²) in [7, 11) is 1.69. The maximum Gasteiger partial charge on any atom is 0.0985 e. The van der Waals surface area contributed by atoms with Crippen LogP contribution in [0.1, 0.15) is 55.7 Å². The van der Waals surface area contributed by atoms with Crippen LogP contribution >= 0.6 is 11.3 Å². The third kappa shape index (κ3) is 6.43. The van der Waals surface area contributed by atoms with E-state index in [1.807, 2.05) is 11.3 Å². The fraction of sp³-hybridized carbons (Fsp3) is 0.812. The van der Waals surface area contributed by atoms with Gasteiger partial charge in [-0.2, -0.15) is 0 Å². The van der Waals surface area contributed by atoms with Crippen LogP contribution in [-0.2, 0) is 14.9 Å². The molecule has 4 nitrogen and oxygen atoms in total. The van der Waals surface area contributed by atoms with Gasteiger partial charge in [-0.25, -0.2) is 4.98 Å². The number of rotatable bonds is 9. The number of aromatic nitrogens is 1. The van der Waals surface area contributed by atoms with Crippen molar-refractivity contribution in [2.75, 3.05) is 33.5 Å². The second kappa shape index (κ2) is 8.83. The van der Waals surface area contributed by atoms with E-state index < -0.39 is 0 Å². The van der Waals surface area contributed by atoms with Gasteiger partial charge in [-0.05, 0) is 26.8 Å². The average molecular weight is 314 g/mol. The van der Waals surface area contributed by atoms with Gasteiger partial charge in [0.25, 0.3) is 0 Å². The van der Waals surface area contributed by atoms with Crippen LogP contribution in [0.2, 0.25) is 0 Å². The molecule has 1 N–H and O–H groups in total. The summed E-state index contributed by atoms with van der Waals surface area (Å²) in [6, 6.07) is 0.345. The second-order valence-electron chi connectivity index (χ2n) is 6.35. The number of ether oxygens (including phenoxy) is 2. The van der Waals surface area contributed by atoms with Crippen molar-refractivity contribution >= 4 is 11.3 Å². The molecule has 0 fully saturated rings. The standard InChI is InChI=1S/C16H30N2O2S/c1-12(17-8-7-9-20-11-10-19-6)14-13(2)18-15(21-14)16(3,4)5/h12,17H,7-11H2,1-6H3. The van der Waals surface area contributed by atoms with E-state index in [2.05, 4.69) is 39.9 Å². The highest BCUT2D eigenvalue weighted by molar-refractivity contribution is 7.12. The first kappa shape index (κ1) is 18.6. The van der Waals surface area contributed by atoms with Gasteiger partial charge >= 0.3 is 0 Å². The first-order valence-corrected chi connectivity index (χ1v) is 8.45. The van der Waals surface area contributed by atoms with Crippen LogP contribution in [0.3, 0.4) is 0 Å². The molecule has 5 heteroatoms. The number of nitrogens with zero attached hydrogens (tertiary/aromatic N) is 1. The quantitative estimate of drug-likeness (QED) is 0.709. The van der Waals surface area contributed by atoms with Crippen LogP contribution in [0.25, 0.3) is 0 Å². The van der Waals surface area contributed by atoms with Crippen molar-refractivity contribution in [3.63, 3.8) is 0 Å². The Hall–Kier alpha value is -0.490. The molecule has 0 aliphatic heterocycles. The van der Waals surface area contributed by atoms with E-state index in [4.69, 9.17) is 14.5 Å². The molecule has 0 radical (unpaired) electrons. The molecule has 21 heavy (non-hydrogen) atoms. The summed E-state index contributed by atoms with van der Waals surface area (Å²) in [5, 5.41) is 4.77. The lowest BCUT2D eigenvalue weighted by molar-refractivity contribution is 0.0693. The Morgan fingerprint density at radius 1 is 1.24 bits per heavy atom. The fourth-order valence-corrected chi connectivity index (χ4v) is 3.11. The Balaban J connectivity index is 2.35. The summed E-state index contributed by atoms with van der Waals surface area (Å²) in [4.78, 5) is 6.07. The minimum absolute atomic E-state index is 0.128. The highest BCUT2D eigenvalue weighted by Crippen LogP contribution is 2.32. The van der Waals surface area contributed by atoms with Gasteiger partial charge in [0.05, 0.1) is 23.9 Å². The minimum Gasteiger partial charge on any atom is -0.382 e. The summed E-state index contributed by atoms with van der Waals surface area (Å²) >= 11 is 1.83. The molecule has 0 bridgehead atoms. The Bertz CT molecular complexity index is 413. The van der Waals surface area contributed by atoms with Crippen molar-refractivity contribution in [1.82, 2.24) is 10.3 Å². The lowest BCUT2D eigenvalue weighted by atomic mass is 9.98. The van der Waals surface area contributed by atoms with E-state index in [9.17, 15) is 0 Å². The molecular weight excluding hydrogens is 284 g/mol. The average Bonchev–Trinajstić information content (AvgIpc) is 2.79. The monoisotopic (exact) mass is 314 g/mol. The molecule has 122 valence electrons. The van der Waals surface area contributed by atoms with Crippen LogP contribution < -0.4 is 5.32 Å². The van der Waals surface area contributed by atoms with E-state index in [1.54, 1.807) is 7.11 Å². The third-order valence-electron chi connectivity index (χ3n) is 3.22. The first-order valence-electron chi connectivity index (χ1n) is 7.64. The fourth-order valence-electron chi connectivity index (χ4n) is 1.96. The highest BCUT2D eigenvalue weighted by Gasteiger charge is 2.22. The Labute approximate surface area is 133 Å². The van der Waals surface area contributed by atoms with Gasteiger partial charge in [-0.15, -0.1) is 11.3 Å². The van der Waals surface area contributed by atoms with Crippen LogP contribution in [0, 0.1) is 6.92 Å². The van der Waals surface area contributed by atoms with Gasteiger partial charge in [0.15, 0.2) is 0 Å². The SMILES string of the molecule is COCCOCCCNC(C)c1sc(C(C)(C)C)nc1C. The lowest BCUT2D eigenvalue weighted by Crippen LogP contribution is -2.21. The van der Waals surface area contributed by atoms with Crippen molar-refractivity contribution in [2.45, 2.75) is 52.5 Å². The molecule has 1 aromatic heterocycles. The molecule has 1 aromatic rings. The van der Waals surface area contributed by atoms with E-state index >= 15 is 0 Å². The van der Waals surface area contributed by atoms with E-state index in [0.717, 1.165) is 25.3 Å². The molecular formula is C16H30N2O2S. The molecule has 0 spiro atoms. The summed E-state index contributed by atoms with van der Waals surface area (Å²) in [5.74, 6) is 0. The van der Waals surface area contributed by atoms with E-state index in [0.29, 0.717) is 19.3 Å². The number of hydrogen-bond acceptors (Lipinski definition) is 5. The zero-order valence-electron chi connectivity index (χ0n) is 14.3. The number of methoxy groups -OCH3 is 1. The lowest BCUT2D eigenvalue weighted by Gasteiger charge is -2.14. The number of thiazole rings is 1. The smallest absolute Gasteiger partial charge is 0.0985 e. The Kier molecular flexibility index (Phi) is 7.81. The molecule has 1 atom stereocenters. The predicted molar refractivity (Wildman–Crippen MR) is 89.3 cm³/mol. The third-order valence-corrected chi connectivity index (χ3v) is 4.98. The molecule has 1 rings (SSSR count). The van der Waals surface area contributed by atoms with Gasteiger partial charge in [-0.3, -0.25) is 0 Å². The van der Waals surface area contributed by atoms with E-state index in [1.165, 1.54) is 9.88 Å². The van der Waals surface area contributed by atoms with Crippen LogP contribution in [0.4, 0.5) is 0 Å². The Morgan fingerprint density at radius 3 is 2.52 bits per heavy atom. The van der Waals surface area contributed by atoms with Gasteiger partial charge in [0.2, 0.25) is 0 Å². The molecule has 0 saturated heterocycles. The van der Waals surface area contributed by atoms with Crippen molar-refractivity contribution < 1.29 is 9.47 Å². The predicted octanol–water partition coefficient (Wildman–Crippen LogP) is 3.45. The molecule has 1 heterocycles. The highest BCUT2D eigenvalue weighted by atomic mass is 32.1. The van der Waals surface area contributed by atoms with Gasteiger partial charge < -0.3 is 14.8 Å². The zero-order chi connectivity index (χ0) is 15.9. The summed E-state index contributed by atoms with van der Waals surface area (Å²) in [5.41, 5.74) is 1.28. The van der Waals surface area contributed by atoms with Crippen LogP contribution in [0.5, 0.6) is 0 Å². The van der Waals surface area contributed by atoms with Gasteiger partial charge in [-0.1, -0.05) is 20.8 Å². The second-order valence-corrected chi connectivity index (χ2v) is 7.38. The van der Waals surface area contributed by atoms with Crippen molar-refractivity contribution in [3.05, 3.63) is 15.6 Å². The summed E-state index contributed by atoms with van der Waals surface area (Å²) < 4.78 is 10.4. The molecule has 0 aliphatic carbocycles. The molecule has 0 aliphatic rings. The van der Waals surface area contributed by atoms with E-state index in [-0.39, 0.29) is 5.41 Å². The van der Waals surface area contributed by atoms with Gasteiger partial charge in [0, 0.05) is 30.1 Å². The summed E-state index contributed by atoms with van der Waals surface area (Å²) in [6.07, 6.45) is 1.01. The van der Waals surface area contributed by atoms with Crippen molar-refractivity contribution in [2.24, 2.45) is 0 Å². The molecule has 1 unspecified atom stereocenters. The summed E-state index contributed by atoms with van der Waals surface area (Å²) in [6.45, 7) is 14.0. The number of aryl methyl sites for hydroxylation is 1. The van der Waals surface area contributed by atoms with Gasteiger partial charge in [0.1, 0.15) is 0 Å². The Morgan fingerprint density at radius 2 is 1.95 bits per heavy atom. The number of nitrogens with one attached hydrogen (secondary N) is 1. The normalized spacial score (nSPS) is 13.6. The minimum atomic E-state index is 0.128. The van der Waals surface area contributed by atoms with Crippen molar-refractivity contribution in [3.8, 4) is 0 Å². The maximum atomic E-state index is 5.46. The number of hydrogen-bond donors (Lipinski definition) is 1. The topological polar surface area (TPSA) is 43.4 Å². The molecule has 0 aromatic carbocycles.